The fourth-order valence-corrected chi connectivity index (χ4v) is 1.33. The molecule has 1 aromatic rings. The zero-order valence-electron chi connectivity index (χ0n) is 10.9. The van der Waals surface area contributed by atoms with E-state index in [1.807, 2.05) is 26.2 Å². The molecule has 18 heavy (non-hydrogen) atoms. The number of aromatic nitrogens is 1. The van der Waals surface area contributed by atoms with Gasteiger partial charge < -0.3 is 21.3 Å². The molecule has 1 aromatic heterocycles. The van der Waals surface area contributed by atoms with Crippen molar-refractivity contribution in [1.29, 1.82) is 0 Å². The van der Waals surface area contributed by atoms with Crippen LogP contribution < -0.4 is 16.4 Å². The molecule has 0 fully saturated rings. The van der Waals surface area contributed by atoms with Gasteiger partial charge in [0.1, 0.15) is 5.82 Å². The van der Waals surface area contributed by atoms with Gasteiger partial charge in [-0.1, -0.05) is 0 Å². The van der Waals surface area contributed by atoms with Gasteiger partial charge in [-0.3, -0.25) is 4.79 Å². The Kier molecular flexibility index (Phi) is 6.10. The molecule has 0 bridgehead atoms. The van der Waals surface area contributed by atoms with Crippen molar-refractivity contribution in [3.05, 3.63) is 18.3 Å². The molecule has 6 nitrogen and oxygen atoms in total. The smallest absolute Gasteiger partial charge is 0.225 e. The van der Waals surface area contributed by atoms with Crippen LogP contribution in [0.4, 0.5) is 11.5 Å². The van der Waals surface area contributed by atoms with Gasteiger partial charge in [0.2, 0.25) is 5.91 Å². The lowest BCUT2D eigenvalue weighted by atomic mass is 10.3. The molecule has 6 heteroatoms. The summed E-state index contributed by atoms with van der Waals surface area (Å²) in [5.41, 5.74) is 5.98. The standard InChI is InChI=1S/C12H21N5O/c1-17(2)8-7-14-11-4-3-10(9-15-11)16-12(18)5-6-13/h3-4,9H,5-8,13H2,1-2H3,(H,14,15)(H,16,18). The number of carbonyl (C=O) groups is 1. The molecule has 0 aliphatic rings. The van der Waals surface area contributed by atoms with Crippen molar-refractivity contribution in [2.45, 2.75) is 6.42 Å². The highest BCUT2D eigenvalue weighted by atomic mass is 16.1. The van der Waals surface area contributed by atoms with Crippen LogP contribution >= 0.6 is 0 Å². The van der Waals surface area contributed by atoms with Gasteiger partial charge in [0.15, 0.2) is 0 Å². The minimum atomic E-state index is -0.0902. The lowest BCUT2D eigenvalue weighted by molar-refractivity contribution is -0.116. The predicted molar refractivity (Wildman–Crippen MR) is 73.6 cm³/mol. The monoisotopic (exact) mass is 251 g/mol. The van der Waals surface area contributed by atoms with Crippen molar-refractivity contribution in [2.24, 2.45) is 5.73 Å². The van der Waals surface area contributed by atoms with Crippen molar-refractivity contribution in [1.82, 2.24) is 9.88 Å². The van der Waals surface area contributed by atoms with Crippen LogP contribution in [0.15, 0.2) is 18.3 Å². The molecule has 0 aliphatic heterocycles. The summed E-state index contributed by atoms with van der Waals surface area (Å²) in [6, 6.07) is 3.66. The number of rotatable bonds is 7. The van der Waals surface area contributed by atoms with Crippen molar-refractivity contribution in [2.75, 3.05) is 44.4 Å². The number of likely N-dealkylation sites (N-methyl/N-ethyl adjacent to an activating group) is 1. The molecule has 0 radical (unpaired) electrons. The Morgan fingerprint density at radius 1 is 1.44 bits per heavy atom. The summed E-state index contributed by atoms with van der Waals surface area (Å²) in [4.78, 5) is 17.6. The van der Waals surface area contributed by atoms with Crippen LogP contribution in [-0.4, -0.2) is 49.5 Å². The summed E-state index contributed by atoms with van der Waals surface area (Å²) in [6.07, 6.45) is 1.95. The van der Waals surface area contributed by atoms with Crippen LogP contribution in [0.25, 0.3) is 0 Å². The molecule has 0 unspecified atom stereocenters. The van der Waals surface area contributed by atoms with E-state index in [0.29, 0.717) is 18.7 Å². The minimum absolute atomic E-state index is 0.0902. The zero-order valence-corrected chi connectivity index (χ0v) is 10.9. The first-order valence-electron chi connectivity index (χ1n) is 5.96. The van der Waals surface area contributed by atoms with E-state index >= 15 is 0 Å². The van der Waals surface area contributed by atoms with Gasteiger partial charge in [-0.05, 0) is 26.2 Å². The number of amides is 1. The highest BCUT2D eigenvalue weighted by Crippen LogP contribution is 2.09. The number of carbonyl (C=O) groups excluding carboxylic acids is 1. The molecule has 0 saturated carbocycles. The number of nitrogens with one attached hydrogen (secondary N) is 2. The van der Waals surface area contributed by atoms with E-state index < -0.39 is 0 Å². The topological polar surface area (TPSA) is 83.3 Å². The van der Waals surface area contributed by atoms with E-state index in [-0.39, 0.29) is 5.91 Å². The van der Waals surface area contributed by atoms with Crippen molar-refractivity contribution in [3.8, 4) is 0 Å². The molecule has 0 spiro atoms. The number of nitrogens with two attached hydrogens (primary N) is 1. The second kappa shape index (κ2) is 7.62. The Hall–Kier alpha value is -1.66. The Balaban J connectivity index is 2.40. The number of nitrogens with zero attached hydrogens (tertiary/aromatic N) is 2. The number of pyridine rings is 1. The van der Waals surface area contributed by atoms with Gasteiger partial charge in [0.05, 0.1) is 11.9 Å². The maximum absolute atomic E-state index is 11.3. The third-order valence-electron chi connectivity index (χ3n) is 2.28. The first kappa shape index (κ1) is 14.4. The summed E-state index contributed by atoms with van der Waals surface area (Å²) in [5, 5.41) is 5.92. The fourth-order valence-electron chi connectivity index (χ4n) is 1.33. The van der Waals surface area contributed by atoms with Crippen LogP contribution in [-0.2, 0) is 4.79 Å². The minimum Gasteiger partial charge on any atom is -0.369 e. The molecule has 100 valence electrons. The van der Waals surface area contributed by atoms with Gasteiger partial charge in [-0.2, -0.15) is 0 Å². The summed E-state index contributed by atoms with van der Waals surface area (Å²) >= 11 is 0. The summed E-state index contributed by atoms with van der Waals surface area (Å²) in [5.74, 6) is 0.710. The van der Waals surface area contributed by atoms with Crippen LogP contribution in [0.5, 0.6) is 0 Å². The SMILES string of the molecule is CN(C)CCNc1ccc(NC(=O)CCN)cn1. The average Bonchev–Trinajstić information content (AvgIpc) is 2.31. The van der Waals surface area contributed by atoms with Gasteiger partial charge >= 0.3 is 0 Å². The van der Waals surface area contributed by atoms with Crippen molar-refractivity contribution < 1.29 is 4.79 Å². The molecule has 1 rings (SSSR count). The van der Waals surface area contributed by atoms with Gasteiger partial charge in [0.25, 0.3) is 0 Å². The highest BCUT2D eigenvalue weighted by Gasteiger charge is 2.01. The van der Waals surface area contributed by atoms with Gasteiger partial charge in [0, 0.05) is 26.1 Å². The quantitative estimate of drug-likeness (QED) is 0.651. The van der Waals surface area contributed by atoms with Crippen LogP contribution in [0, 0.1) is 0 Å². The maximum atomic E-state index is 11.3. The second-order valence-corrected chi connectivity index (χ2v) is 4.25. The maximum Gasteiger partial charge on any atom is 0.225 e. The fraction of sp³-hybridized carbons (Fsp3) is 0.500. The summed E-state index contributed by atoms with van der Waals surface area (Å²) < 4.78 is 0. The first-order chi connectivity index (χ1) is 8.61. The Morgan fingerprint density at radius 3 is 2.78 bits per heavy atom. The third kappa shape index (κ3) is 5.60. The average molecular weight is 251 g/mol. The molecular formula is C12H21N5O. The second-order valence-electron chi connectivity index (χ2n) is 4.25. The first-order valence-corrected chi connectivity index (χ1v) is 5.96. The number of hydrogen-bond acceptors (Lipinski definition) is 5. The summed E-state index contributed by atoms with van der Waals surface area (Å²) in [6.45, 7) is 2.12. The van der Waals surface area contributed by atoms with Crippen LogP contribution in [0.1, 0.15) is 6.42 Å². The van der Waals surface area contributed by atoms with Crippen molar-refractivity contribution >= 4 is 17.4 Å². The Bertz CT molecular complexity index is 363. The number of hydrogen-bond donors (Lipinski definition) is 3. The molecule has 0 aliphatic carbocycles. The van der Waals surface area contributed by atoms with Gasteiger partial charge in [-0.25, -0.2) is 4.98 Å². The third-order valence-corrected chi connectivity index (χ3v) is 2.28. The predicted octanol–water partition coefficient (Wildman–Crippen LogP) is 0.342. The van der Waals surface area contributed by atoms with E-state index in [0.717, 1.165) is 18.9 Å². The van der Waals surface area contributed by atoms with Crippen LogP contribution in [0.3, 0.4) is 0 Å². The van der Waals surface area contributed by atoms with E-state index in [2.05, 4.69) is 20.5 Å². The Labute approximate surface area is 108 Å². The molecular weight excluding hydrogens is 230 g/mol. The largest absolute Gasteiger partial charge is 0.369 e. The normalized spacial score (nSPS) is 10.4. The van der Waals surface area contributed by atoms with Crippen molar-refractivity contribution in [3.63, 3.8) is 0 Å². The van der Waals surface area contributed by atoms with E-state index in [4.69, 9.17) is 5.73 Å². The molecule has 4 N–H and O–H groups in total. The van der Waals surface area contributed by atoms with Crippen LogP contribution in [0.2, 0.25) is 0 Å². The molecule has 0 atom stereocenters. The lowest BCUT2D eigenvalue weighted by Gasteiger charge is -2.11. The highest BCUT2D eigenvalue weighted by molar-refractivity contribution is 5.90. The molecule has 0 saturated heterocycles. The Morgan fingerprint density at radius 2 is 2.22 bits per heavy atom. The lowest BCUT2D eigenvalue weighted by Crippen LogP contribution is -2.21. The van der Waals surface area contributed by atoms with E-state index in [9.17, 15) is 4.79 Å². The van der Waals surface area contributed by atoms with Gasteiger partial charge in [-0.15, -0.1) is 0 Å². The van der Waals surface area contributed by atoms with E-state index in [1.54, 1.807) is 6.20 Å². The number of anilines is 2. The zero-order chi connectivity index (χ0) is 13.4. The summed E-state index contributed by atoms with van der Waals surface area (Å²) in [7, 11) is 4.04. The molecule has 0 aromatic carbocycles. The molecule has 1 heterocycles. The molecule has 1 amide bonds. The van der Waals surface area contributed by atoms with E-state index in [1.165, 1.54) is 0 Å².